The van der Waals surface area contributed by atoms with Crippen LogP contribution >= 0.6 is 0 Å². The van der Waals surface area contributed by atoms with Crippen LogP contribution in [0, 0.1) is 18.3 Å². The second kappa shape index (κ2) is 6.05. The summed E-state index contributed by atoms with van der Waals surface area (Å²) in [5.74, 6) is 0.0635. The van der Waals surface area contributed by atoms with Crippen LogP contribution in [-0.4, -0.2) is 33.9 Å². The van der Waals surface area contributed by atoms with Crippen LogP contribution in [0.1, 0.15) is 39.5 Å². The van der Waals surface area contributed by atoms with Crippen molar-refractivity contribution in [1.82, 2.24) is 14.9 Å². The van der Waals surface area contributed by atoms with E-state index in [1.165, 1.54) is 6.07 Å². The monoisotopic (exact) mass is 308 g/mol. The third-order valence-corrected chi connectivity index (χ3v) is 4.20. The highest BCUT2D eigenvalue weighted by Gasteiger charge is 2.29. The molecule has 6 heteroatoms. The van der Waals surface area contributed by atoms with Crippen LogP contribution < -0.4 is 5.56 Å². The molecule has 1 aliphatic rings. The molecule has 1 unspecified atom stereocenters. The molecule has 3 heterocycles. The van der Waals surface area contributed by atoms with Gasteiger partial charge in [0.05, 0.1) is 0 Å². The molecule has 116 valence electrons. The Kier molecular flexibility index (Phi) is 3.94. The Bertz CT molecular complexity index is 836. The van der Waals surface area contributed by atoms with Crippen LogP contribution in [0.5, 0.6) is 0 Å². The summed E-state index contributed by atoms with van der Waals surface area (Å²) in [4.78, 5) is 32.8. The number of likely N-dealkylation sites (tertiary alicyclic amines) is 1. The van der Waals surface area contributed by atoms with Gasteiger partial charge in [-0.2, -0.15) is 5.26 Å². The fourth-order valence-corrected chi connectivity index (χ4v) is 2.93. The lowest BCUT2D eigenvalue weighted by Gasteiger charge is -2.17. The predicted octanol–water partition coefficient (Wildman–Crippen LogP) is 1.58. The molecule has 0 bridgehead atoms. The van der Waals surface area contributed by atoms with E-state index in [1.54, 1.807) is 18.0 Å². The van der Waals surface area contributed by atoms with Crippen molar-refractivity contribution >= 4 is 5.91 Å². The van der Waals surface area contributed by atoms with Crippen molar-refractivity contribution in [1.29, 1.82) is 5.26 Å². The fourth-order valence-electron chi connectivity index (χ4n) is 2.93. The number of nitrogens with zero attached hydrogens (tertiary/aromatic N) is 3. The molecule has 0 aliphatic carbocycles. The third-order valence-electron chi connectivity index (χ3n) is 4.20. The number of nitriles is 1. The van der Waals surface area contributed by atoms with Crippen molar-refractivity contribution < 1.29 is 4.79 Å². The molecule has 1 N–H and O–H groups in total. The first-order chi connectivity index (χ1) is 11.1. The average molecular weight is 308 g/mol. The maximum Gasteiger partial charge on any atom is 0.270 e. The van der Waals surface area contributed by atoms with E-state index in [1.807, 2.05) is 24.4 Å². The zero-order valence-electron chi connectivity index (χ0n) is 12.7. The van der Waals surface area contributed by atoms with Crippen LogP contribution in [0.3, 0.4) is 0 Å². The summed E-state index contributed by atoms with van der Waals surface area (Å²) in [5, 5.41) is 8.87. The molecule has 1 amide bonds. The van der Waals surface area contributed by atoms with Crippen molar-refractivity contribution in [2.45, 2.75) is 19.3 Å². The topological polar surface area (TPSA) is 89.8 Å². The van der Waals surface area contributed by atoms with E-state index in [-0.39, 0.29) is 23.1 Å². The van der Waals surface area contributed by atoms with E-state index < -0.39 is 5.56 Å². The molecular weight excluding hydrogens is 292 g/mol. The van der Waals surface area contributed by atoms with E-state index in [2.05, 4.69) is 9.97 Å². The summed E-state index contributed by atoms with van der Waals surface area (Å²) in [6.45, 7) is 2.96. The number of hydrogen-bond acceptors (Lipinski definition) is 4. The molecule has 1 atom stereocenters. The molecule has 1 aliphatic heterocycles. The first-order valence-corrected chi connectivity index (χ1v) is 7.43. The molecule has 2 aromatic rings. The summed E-state index contributed by atoms with van der Waals surface area (Å²) in [6, 6.07) is 7.19. The minimum absolute atomic E-state index is 0.0220. The van der Waals surface area contributed by atoms with Gasteiger partial charge in [0.25, 0.3) is 11.5 Å². The Morgan fingerprint density at radius 3 is 3.04 bits per heavy atom. The summed E-state index contributed by atoms with van der Waals surface area (Å²) in [5.41, 5.74) is 1.49. The van der Waals surface area contributed by atoms with Crippen molar-refractivity contribution in [3.8, 4) is 6.07 Å². The van der Waals surface area contributed by atoms with Crippen LogP contribution in [0.15, 0.2) is 35.4 Å². The van der Waals surface area contributed by atoms with Crippen molar-refractivity contribution in [2.24, 2.45) is 0 Å². The van der Waals surface area contributed by atoms with Crippen molar-refractivity contribution in [3.05, 3.63) is 63.3 Å². The Morgan fingerprint density at radius 1 is 1.52 bits per heavy atom. The van der Waals surface area contributed by atoms with E-state index in [9.17, 15) is 9.59 Å². The van der Waals surface area contributed by atoms with Gasteiger partial charge in [0.15, 0.2) is 0 Å². The third kappa shape index (κ3) is 2.86. The number of carbonyl (C=O) groups is 1. The first-order valence-electron chi connectivity index (χ1n) is 7.43. The lowest BCUT2D eigenvalue weighted by molar-refractivity contribution is 0.0784. The molecule has 0 aromatic carbocycles. The zero-order chi connectivity index (χ0) is 16.4. The molecule has 6 nitrogen and oxygen atoms in total. The summed E-state index contributed by atoms with van der Waals surface area (Å²) >= 11 is 0. The van der Waals surface area contributed by atoms with Crippen molar-refractivity contribution in [3.63, 3.8) is 0 Å². The van der Waals surface area contributed by atoms with Crippen LogP contribution in [-0.2, 0) is 0 Å². The number of rotatable bonds is 2. The van der Waals surface area contributed by atoms with Gasteiger partial charge in [-0.25, -0.2) is 0 Å². The van der Waals surface area contributed by atoms with Crippen LogP contribution in [0.25, 0.3) is 0 Å². The number of pyridine rings is 2. The van der Waals surface area contributed by atoms with Gasteiger partial charge < -0.3 is 9.88 Å². The second-order valence-electron chi connectivity index (χ2n) is 5.71. The van der Waals surface area contributed by atoms with Gasteiger partial charge in [0.1, 0.15) is 17.3 Å². The van der Waals surface area contributed by atoms with Crippen LogP contribution in [0.2, 0.25) is 0 Å². The molecule has 0 spiro atoms. The maximum atomic E-state index is 12.7. The van der Waals surface area contributed by atoms with E-state index >= 15 is 0 Å². The standard InChI is InChI=1S/C17H16N4O2/c1-11-7-14(8-18)16(22)20-15(11)17(23)21-6-4-13(10-21)12-3-2-5-19-9-12/h2-3,5,7,9,13H,4,6,10H2,1H3,(H,20,22). The van der Waals surface area contributed by atoms with Gasteiger partial charge in [-0.15, -0.1) is 0 Å². The lowest BCUT2D eigenvalue weighted by Crippen LogP contribution is -2.31. The maximum absolute atomic E-state index is 12.7. The molecule has 3 rings (SSSR count). The summed E-state index contributed by atoms with van der Waals surface area (Å²) in [6.07, 6.45) is 4.43. The number of H-pyrrole nitrogens is 1. The SMILES string of the molecule is Cc1cc(C#N)c(=O)[nH]c1C(=O)N1CCC(c2cccnc2)C1. The zero-order valence-corrected chi connectivity index (χ0v) is 12.7. The van der Waals surface area contributed by atoms with Gasteiger partial charge in [-0.3, -0.25) is 14.6 Å². The highest BCUT2D eigenvalue weighted by Crippen LogP contribution is 2.27. The Labute approximate surface area is 133 Å². The molecule has 0 radical (unpaired) electrons. The van der Waals surface area contributed by atoms with Gasteiger partial charge in [0, 0.05) is 31.4 Å². The van der Waals surface area contributed by atoms with Gasteiger partial charge in [-0.1, -0.05) is 6.07 Å². The number of aryl methyl sites for hydroxylation is 1. The Balaban J connectivity index is 1.82. The van der Waals surface area contributed by atoms with Gasteiger partial charge >= 0.3 is 0 Å². The molecular formula is C17H16N4O2. The van der Waals surface area contributed by atoms with Gasteiger partial charge in [-0.05, 0) is 36.6 Å². The van der Waals surface area contributed by atoms with Gasteiger partial charge in [0.2, 0.25) is 0 Å². The number of carbonyl (C=O) groups excluding carboxylic acids is 1. The number of aromatic nitrogens is 2. The number of aromatic amines is 1. The quantitative estimate of drug-likeness (QED) is 0.912. The Morgan fingerprint density at radius 2 is 2.35 bits per heavy atom. The van der Waals surface area contributed by atoms with E-state index in [4.69, 9.17) is 5.26 Å². The highest BCUT2D eigenvalue weighted by molar-refractivity contribution is 5.94. The predicted molar refractivity (Wildman–Crippen MR) is 84.0 cm³/mol. The number of amides is 1. The number of hydrogen-bond donors (Lipinski definition) is 1. The largest absolute Gasteiger partial charge is 0.337 e. The minimum atomic E-state index is -0.524. The molecule has 1 saturated heterocycles. The molecule has 0 saturated carbocycles. The molecule has 1 fully saturated rings. The lowest BCUT2D eigenvalue weighted by atomic mass is 10.0. The first kappa shape index (κ1) is 15.0. The normalized spacial score (nSPS) is 17.0. The smallest absolute Gasteiger partial charge is 0.270 e. The van der Waals surface area contributed by atoms with E-state index in [0.29, 0.717) is 18.7 Å². The van der Waals surface area contributed by atoms with Crippen molar-refractivity contribution in [2.75, 3.05) is 13.1 Å². The van der Waals surface area contributed by atoms with Crippen LogP contribution in [0.4, 0.5) is 0 Å². The average Bonchev–Trinajstić information content (AvgIpc) is 3.07. The fraction of sp³-hybridized carbons (Fsp3) is 0.294. The highest BCUT2D eigenvalue weighted by atomic mass is 16.2. The van der Waals surface area contributed by atoms with E-state index in [0.717, 1.165) is 12.0 Å². The second-order valence-corrected chi connectivity index (χ2v) is 5.71. The molecule has 23 heavy (non-hydrogen) atoms. The summed E-state index contributed by atoms with van der Waals surface area (Å²) in [7, 11) is 0. The Hall–Kier alpha value is -2.94. The minimum Gasteiger partial charge on any atom is -0.337 e. The molecule has 2 aromatic heterocycles. The summed E-state index contributed by atoms with van der Waals surface area (Å²) < 4.78 is 0. The number of nitrogens with one attached hydrogen (secondary N) is 1.